The van der Waals surface area contributed by atoms with Crippen molar-refractivity contribution in [3.8, 4) is 0 Å². The second kappa shape index (κ2) is 11.0. The summed E-state index contributed by atoms with van der Waals surface area (Å²) < 4.78 is 51.5. The lowest BCUT2D eigenvalue weighted by molar-refractivity contribution is -0.122. The molecule has 0 bridgehead atoms. The van der Waals surface area contributed by atoms with E-state index >= 15 is 0 Å². The lowest BCUT2D eigenvalue weighted by atomic mass is 10.1. The molecule has 1 aromatic rings. The maximum Gasteiger partial charge on any atom is 0.282 e. The quantitative estimate of drug-likeness (QED) is 0.519. The van der Waals surface area contributed by atoms with E-state index in [1.165, 1.54) is 16.4 Å². The number of nitrogens with two attached hydrogens (primary N) is 1. The number of benzene rings is 1. The Labute approximate surface area is 191 Å². The summed E-state index contributed by atoms with van der Waals surface area (Å²) in [5.74, 6) is -0.116. The maximum absolute atomic E-state index is 12.9. The summed E-state index contributed by atoms with van der Waals surface area (Å²) >= 11 is 0. The van der Waals surface area contributed by atoms with Crippen LogP contribution in [0.15, 0.2) is 29.2 Å². The van der Waals surface area contributed by atoms with Crippen LogP contribution >= 0.6 is 0 Å². The Bertz CT molecular complexity index is 966. The first-order chi connectivity index (χ1) is 15.2. The number of nitrogens with zero attached hydrogens (tertiary/aromatic N) is 3. The summed E-state index contributed by atoms with van der Waals surface area (Å²) in [5.41, 5.74) is 0.894. The van der Waals surface area contributed by atoms with Crippen LogP contribution in [0.4, 0.5) is 0 Å². The van der Waals surface area contributed by atoms with Gasteiger partial charge < -0.3 is 5.32 Å². The van der Waals surface area contributed by atoms with Crippen LogP contribution in [0.5, 0.6) is 0 Å². The molecule has 1 aromatic carbocycles. The number of primary sulfonamides is 1. The van der Waals surface area contributed by atoms with Crippen molar-refractivity contribution in [3.05, 3.63) is 29.8 Å². The summed E-state index contributed by atoms with van der Waals surface area (Å²) in [6.07, 6.45) is 4.55. The number of rotatable bonds is 8. The van der Waals surface area contributed by atoms with Gasteiger partial charge in [-0.2, -0.15) is 17.0 Å². The number of nitrogens with one attached hydrogen (secondary N) is 1. The lowest BCUT2D eigenvalue weighted by Crippen LogP contribution is -2.54. The minimum absolute atomic E-state index is 0.0577. The average Bonchev–Trinajstić information content (AvgIpc) is 3.04. The number of sulfonamides is 1. The van der Waals surface area contributed by atoms with E-state index in [9.17, 15) is 21.6 Å². The fraction of sp³-hybridized carbons (Fsp3) is 0.650. The highest BCUT2D eigenvalue weighted by Gasteiger charge is 2.32. The Morgan fingerprint density at radius 2 is 1.41 bits per heavy atom. The van der Waals surface area contributed by atoms with Crippen LogP contribution in [-0.2, 0) is 31.4 Å². The Morgan fingerprint density at radius 1 is 0.844 bits per heavy atom. The van der Waals surface area contributed by atoms with Gasteiger partial charge in [-0.05, 0) is 37.0 Å². The Balaban J connectivity index is 1.39. The normalized spacial score (nSPS) is 20.0. The molecule has 0 radical (unpaired) electrons. The topological polar surface area (TPSA) is 133 Å². The molecule has 0 aromatic heterocycles. The molecular formula is C20H33N5O5S2. The number of hydrogen-bond acceptors (Lipinski definition) is 6. The predicted molar refractivity (Wildman–Crippen MR) is 122 cm³/mol. The molecule has 0 saturated carbocycles. The van der Waals surface area contributed by atoms with Gasteiger partial charge in [0.15, 0.2) is 0 Å². The Morgan fingerprint density at radius 3 is 1.97 bits per heavy atom. The van der Waals surface area contributed by atoms with E-state index < -0.39 is 20.2 Å². The highest BCUT2D eigenvalue weighted by atomic mass is 32.2. The Hall–Kier alpha value is -1.57. The van der Waals surface area contributed by atoms with Gasteiger partial charge in [0.2, 0.25) is 15.9 Å². The summed E-state index contributed by atoms with van der Waals surface area (Å²) in [6, 6.07) is 6.25. The molecular weight excluding hydrogens is 454 g/mol. The van der Waals surface area contributed by atoms with Gasteiger partial charge in [-0.15, -0.1) is 0 Å². The van der Waals surface area contributed by atoms with E-state index in [2.05, 4.69) is 5.32 Å². The standard InChI is InChI=1S/C20H33N5O5S2/c21-31(27,28)19-7-5-18(6-8-19)9-10-22-20(26)17-23-13-15-25(16-14-23)32(29,30)24-11-3-1-2-4-12-24/h5-8H,1-4,9-17H2,(H,22,26)(H2,21,27,28). The zero-order valence-corrected chi connectivity index (χ0v) is 19.9. The number of amides is 1. The van der Waals surface area contributed by atoms with Crippen molar-refractivity contribution in [2.75, 3.05) is 52.4 Å². The smallest absolute Gasteiger partial charge is 0.282 e. The fourth-order valence-corrected chi connectivity index (χ4v) is 6.19. The van der Waals surface area contributed by atoms with Crippen LogP contribution < -0.4 is 10.5 Å². The van der Waals surface area contributed by atoms with Gasteiger partial charge in [-0.3, -0.25) is 9.69 Å². The molecule has 0 unspecified atom stereocenters. The largest absolute Gasteiger partial charge is 0.355 e. The summed E-state index contributed by atoms with van der Waals surface area (Å²) in [5, 5.41) is 7.94. The van der Waals surface area contributed by atoms with Crippen molar-refractivity contribution < 1.29 is 21.6 Å². The molecule has 180 valence electrons. The highest BCUT2D eigenvalue weighted by molar-refractivity contribution is 7.89. The molecule has 0 atom stereocenters. The first-order valence-corrected chi connectivity index (χ1v) is 14.0. The maximum atomic E-state index is 12.9. The van der Waals surface area contributed by atoms with Gasteiger partial charge in [-0.25, -0.2) is 13.6 Å². The molecule has 2 saturated heterocycles. The molecule has 0 aliphatic carbocycles. The lowest BCUT2D eigenvalue weighted by Gasteiger charge is -2.36. The molecule has 2 heterocycles. The van der Waals surface area contributed by atoms with Gasteiger partial charge in [0, 0.05) is 45.8 Å². The molecule has 3 N–H and O–H groups in total. The minimum Gasteiger partial charge on any atom is -0.355 e. The Kier molecular flexibility index (Phi) is 8.64. The third-order valence-electron chi connectivity index (χ3n) is 5.90. The van der Waals surface area contributed by atoms with Gasteiger partial charge in [0.1, 0.15) is 0 Å². The zero-order valence-electron chi connectivity index (χ0n) is 18.3. The van der Waals surface area contributed by atoms with Crippen molar-refractivity contribution in [1.29, 1.82) is 0 Å². The van der Waals surface area contributed by atoms with Crippen molar-refractivity contribution in [2.45, 2.75) is 37.0 Å². The summed E-state index contributed by atoms with van der Waals surface area (Å²) in [6.45, 7) is 3.67. The van der Waals surface area contributed by atoms with E-state index in [4.69, 9.17) is 5.14 Å². The molecule has 2 aliphatic heterocycles. The molecule has 32 heavy (non-hydrogen) atoms. The number of hydrogen-bond donors (Lipinski definition) is 2. The average molecular weight is 488 g/mol. The van der Waals surface area contributed by atoms with E-state index in [0.717, 1.165) is 31.2 Å². The van der Waals surface area contributed by atoms with Crippen molar-refractivity contribution >= 4 is 26.1 Å². The van der Waals surface area contributed by atoms with Gasteiger partial charge in [0.05, 0.1) is 11.4 Å². The van der Waals surface area contributed by atoms with Crippen LogP contribution in [-0.4, -0.2) is 88.6 Å². The number of carbonyl (C=O) groups excluding carboxylic acids is 1. The molecule has 1 amide bonds. The highest BCUT2D eigenvalue weighted by Crippen LogP contribution is 2.18. The van der Waals surface area contributed by atoms with Crippen molar-refractivity contribution in [3.63, 3.8) is 0 Å². The zero-order chi connectivity index (χ0) is 23.2. The first kappa shape index (κ1) is 25.1. The van der Waals surface area contributed by atoms with Crippen LogP contribution in [0.1, 0.15) is 31.2 Å². The monoisotopic (exact) mass is 487 g/mol. The van der Waals surface area contributed by atoms with Gasteiger partial charge >= 0.3 is 0 Å². The number of piperazine rings is 1. The van der Waals surface area contributed by atoms with Crippen molar-refractivity contribution in [1.82, 2.24) is 18.8 Å². The van der Waals surface area contributed by atoms with Gasteiger partial charge in [-0.1, -0.05) is 25.0 Å². The van der Waals surface area contributed by atoms with Crippen molar-refractivity contribution in [2.24, 2.45) is 5.14 Å². The first-order valence-electron chi connectivity index (χ1n) is 11.0. The summed E-state index contributed by atoms with van der Waals surface area (Å²) in [7, 11) is -7.13. The van der Waals surface area contributed by atoms with Crippen LogP contribution in [0.25, 0.3) is 0 Å². The fourth-order valence-electron chi connectivity index (χ4n) is 4.01. The second-order valence-electron chi connectivity index (χ2n) is 8.29. The van der Waals surface area contributed by atoms with Crippen LogP contribution in [0.2, 0.25) is 0 Å². The summed E-state index contributed by atoms with van der Waals surface area (Å²) in [4.78, 5) is 14.3. The molecule has 12 heteroatoms. The molecule has 2 fully saturated rings. The minimum atomic E-state index is -3.71. The van der Waals surface area contributed by atoms with E-state index in [-0.39, 0.29) is 17.3 Å². The molecule has 2 aliphatic rings. The van der Waals surface area contributed by atoms with E-state index in [0.29, 0.717) is 52.2 Å². The predicted octanol–water partition coefficient (Wildman–Crippen LogP) is -0.269. The van der Waals surface area contributed by atoms with E-state index in [1.54, 1.807) is 16.4 Å². The SMILES string of the molecule is NS(=O)(=O)c1ccc(CCNC(=O)CN2CCN(S(=O)(=O)N3CCCCCC3)CC2)cc1. The molecule has 0 spiro atoms. The van der Waals surface area contributed by atoms with Crippen LogP contribution in [0, 0.1) is 0 Å². The van der Waals surface area contributed by atoms with Gasteiger partial charge in [0.25, 0.3) is 10.2 Å². The second-order valence-corrected chi connectivity index (χ2v) is 11.8. The number of carbonyl (C=O) groups is 1. The third kappa shape index (κ3) is 6.96. The van der Waals surface area contributed by atoms with Crippen LogP contribution in [0.3, 0.4) is 0 Å². The third-order valence-corrected chi connectivity index (χ3v) is 8.87. The molecule has 3 rings (SSSR count). The molecule has 10 nitrogen and oxygen atoms in total. The van der Waals surface area contributed by atoms with E-state index in [1.807, 2.05) is 4.90 Å².